The first-order chi connectivity index (χ1) is 12.8. The predicted molar refractivity (Wildman–Crippen MR) is 113 cm³/mol. The van der Waals surface area contributed by atoms with Crippen LogP contribution in [-0.2, 0) is 19.3 Å². The molecule has 0 aliphatic heterocycles. The van der Waals surface area contributed by atoms with Crippen LogP contribution in [0.5, 0.6) is 0 Å². The number of fused-ring (bicyclic) bond motifs is 1. The van der Waals surface area contributed by atoms with Crippen molar-refractivity contribution in [1.29, 1.82) is 0 Å². The molecule has 26 heavy (non-hydrogen) atoms. The summed E-state index contributed by atoms with van der Waals surface area (Å²) in [4.78, 5) is 5.01. The Bertz CT molecular complexity index is 1010. The van der Waals surface area contributed by atoms with Gasteiger partial charge < -0.3 is 0 Å². The molecule has 4 aromatic rings. The molecule has 128 valence electrons. The van der Waals surface area contributed by atoms with E-state index in [1.165, 1.54) is 27.8 Å². The molecule has 0 fully saturated rings. The lowest BCUT2D eigenvalue weighted by Crippen LogP contribution is -2.02. The van der Waals surface area contributed by atoms with Crippen LogP contribution in [0.4, 0.5) is 0 Å². The third-order valence-electron chi connectivity index (χ3n) is 4.68. The van der Waals surface area contributed by atoms with E-state index >= 15 is 0 Å². The van der Waals surface area contributed by atoms with E-state index in [0.29, 0.717) is 0 Å². The summed E-state index contributed by atoms with van der Waals surface area (Å²) in [5.41, 5.74) is 6.26. The molecule has 3 aromatic carbocycles. The molecular formula is C24H20BrN. The van der Waals surface area contributed by atoms with Crippen molar-refractivity contribution < 1.29 is 0 Å². The van der Waals surface area contributed by atoms with Gasteiger partial charge in [-0.15, -0.1) is 0 Å². The van der Waals surface area contributed by atoms with Gasteiger partial charge in [-0.25, -0.2) is 0 Å². The molecule has 0 N–H and O–H groups in total. The SMILES string of the molecule is Brc1ccc2nc(CCc3ccccc3)c(Cc3ccccc3)cc2c1. The van der Waals surface area contributed by atoms with E-state index in [0.717, 1.165) is 29.3 Å². The Labute approximate surface area is 162 Å². The highest BCUT2D eigenvalue weighted by molar-refractivity contribution is 9.10. The van der Waals surface area contributed by atoms with Gasteiger partial charge >= 0.3 is 0 Å². The number of rotatable bonds is 5. The summed E-state index contributed by atoms with van der Waals surface area (Å²) in [5.74, 6) is 0. The minimum absolute atomic E-state index is 0.917. The van der Waals surface area contributed by atoms with Gasteiger partial charge in [-0.3, -0.25) is 4.98 Å². The Kier molecular flexibility index (Phi) is 5.12. The monoisotopic (exact) mass is 401 g/mol. The molecule has 2 heteroatoms. The van der Waals surface area contributed by atoms with Crippen molar-refractivity contribution in [2.24, 2.45) is 0 Å². The maximum Gasteiger partial charge on any atom is 0.0706 e. The average Bonchev–Trinajstić information content (AvgIpc) is 2.68. The Morgan fingerprint density at radius 2 is 1.38 bits per heavy atom. The van der Waals surface area contributed by atoms with Crippen molar-refractivity contribution in [3.05, 3.63) is 112 Å². The number of hydrogen-bond acceptors (Lipinski definition) is 1. The van der Waals surface area contributed by atoms with Crippen molar-refractivity contribution in [1.82, 2.24) is 4.98 Å². The first kappa shape index (κ1) is 17.0. The summed E-state index contributed by atoms with van der Waals surface area (Å²) in [6.07, 6.45) is 2.89. The first-order valence-electron chi connectivity index (χ1n) is 8.94. The van der Waals surface area contributed by atoms with E-state index in [1.807, 2.05) is 0 Å². The Morgan fingerprint density at radius 1 is 0.692 bits per heavy atom. The highest BCUT2D eigenvalue weighted by Gasteiger charge is 2.09. The zero-order valence-corrected chi connectivity index (χ0v) is 16.1. The van der Waals surface area contributed by atoms with Crippen LogP contribution in [0, 0.1) is 0 Å². The Morgan fingerprint density at radius 3 is 2.12 bits per heavy atom. The third-order valence-corrected chi connectivity index (χ3v) is 5.17. The van der Waals surface area contributed by atoms with Crippen LogP contribution in [0.15, 0.2) is 89.4 Å². The second kappa shape index (κ2) is 7.84. The third kappa shape index (κ3) is 4.03. The molecule has 1 heterocycles. The van der Waals surface area contributed by atoms with Gasteiger partial charge in [0, 0.05) is 15.6 Å². The summed E-state index contributed by atoms with van der Waals surface area (Å²) in [6, 6.07) is 29.9. The zero-order chi connectivity index (χ0) is 17.8. The molecule has 0 spiro atoms. The normalized spacial score (nSPS) is 11.0. The largest absolute Gasteiger partial charge is 0.253 e. The van der Waals surface area contributed by atoms with E-state index in [9.17, 15) is 0 Å². The molecule has 0 bridgehead atoms. The summed E-state index contributed by atoms with van der Waals surface area (Å²) in [7, 11) is 0. The number of halogens is 1. The highest BCUT2D eigenvalue weighted by Crippen LogP contribution is 2.24. The molecule has 1 nitrogen and oxygen atoms in total. The molecule has 0 saturated carbocycles. The number of aryl methyl sites for hydroxylation is 2. The second-order valence-corrected chi connectivity index (χ2v) is 7.49. The van der Waals surface area contributed by atoms with E-state index < -0.39 is 0 Å². The molecule has 0 aliphatic carbocycles. The smallest absolute Gasteiger partial charge is 0.0706 e. The van der Waals surface area contributed by atoms with Gasteiger partial charge in [-0.2, -0.15) is 0 Å². The van der Waals surface area contributed by atoms with Crippen LogP contribution in [0.2, 0.25) is 0 Å². The number of aromatic nitrogens is 1. The van der Waals surface area contributed by atoms with Crippen LogP contribution in [0.1, 0.15) is 22.4 Å². The van der Waals surface area contributed by atoms with Gasteiger partial charge in [0.25, 0.3) is 0 Å². The van der Waals surface area contributed by atoms with Crippen molar-refractivity contribution in [2.45, 2.75) is 19.3 Å². The minimum atomic E-state index is 0.917. The zero-order valence-electron chi connectivity index (χ0n) is 14.5. The molecular weight excluding hydrogens is 382 g/mol. The lowest BCUT2D eigenvalue weighted by atomic mass is 9.98. The topological polar surface area (TPSA) is 12.9 Å². The predicted octanol–water partition coefficient (Wildman–Crippen LogP) is 6.37. The van der Waals surface area contributed by atoms with E-state index in [2.05, 4.69) is 101 Å². The molecule has 0 atom stereocenters. The second-order valence-electron chi connectivity index (χ2n) is 6.58. The number of pyridine rings is 1. The number of nitrogens with zero attached hydrogens (tertiary/aromatic N) is 1. The average molecular weight is 402 g/mol. The highest BCUT2D eigenvalue weighted by atomic mass is 79.9. The van der Waals surface area contributed by atoms with Crippen LogP contribution in [0.25, 0.3) is 10.9 Å². The fourth-order valence-electron chi connectivity index (χ4n) is 3.32. The van der Waals surface area contributed by atoms with Crippen LogP contribution in [-0.4, -0.2) is 4.98 Å². The number of hydrogen-bond donors (Lipinski definition) is 0. The minimum Gasteiger partial charge on any atom is -0.253 e. The maximum atomic E-state index is 5.01. The molecule has 0 unspecified atom stereocenters. The molecule has 0 saturated heterocycles. The molecule has 4 rings (SSSR count). The van der Waals surface area contributed by atoms with Gasteiger partial charge in [0.05, 0.1) is 5.52 Å². The fourth-order valence-corrected chi connectivity index (χ4v) is 3.70. The fraction of sp³-hybridized carbons (Fsp3) is 0.125. The van der Waals surface area contributed by atoms with Crippen molar-refractivity contribution >= 4 is 26.8 Å². The first-order valence-corrected chi connectivity index (χ1v) is 9.73. The molecule has 0 amide bonds. The van der Waals surface area contributed by atoms with Crippen molar-refractivity contribution in [2.75, 3.05) is 0 Å². The summed E-state index contributed by atoms with van der Waals surface area (Å²) >= 11 is 3.58. The van der Waals surface area contributed by atoms with Gasteiger partial charge in [-0.1, -0.05) is 76.6 Å². The van der Waals surface area contributed by atoms with Gasteiger partial charge in [0.1, 0.15) is 0 Å². The van der Waals surface area contributed by atoms with Crippen molar-refractivity contribution in [3.63, 3.8) is 0 Å². The van der Waals surface area contributed by atoms with E-state index in [1.54, 1.807) is 0 Å². The standard InChI is InChI=1S/C24H20BrN/c25-22-12-14-24-21(17-22)16-20(15-19-9-5-2-6-10-19)23(26-24)13-11-18-7-3-1-4-8-18/h1-10,12,14,16-17H,11,13,15H2. The van der Waals surface area contributed by atoms with Gasteiger partial charge in [0.15, 0.2) is 0 Å². The van der Waals surface area contributed by atoms with Crippen molar-refractivity contribution in [3.8, 4) is 0 Å². The summed E-state index contributed by atoms with van der Waals surface area (Å²) in [6.45, 7) is 0. The van der Waals surface area contributed by atoms with E-state index in [4.69, 9.17) is 4.98 Å². The quantitative estimate of drug-likeness (QED) is 0.378. The van der Waals surface area contributed by atoms with Crippen LogP contribution >= 0.6 is 15.9 Å². The van der Waals surface area contributed by atoms with Gasteiger partial charge in [0.2, 0.25) is 0 Å². The lowest BCUT2D eigenvalue weighted by Gasteiger charge is -2.12. The summed E-state index contributed by atoms with van der Waals surface area (Å²) < 4.78 is 1.09. The molecule has 1 aromatic heterocycles. The maximum absolute atomic E-state index is 5.01. The van der Waals surface area contributed by atoms with Gasteiger partial charge in [-0.05, 0) is 60.2 Å². The Hall–Kier alpha value is -2.45. The van der Waals surface area contributed by atoms with Crippen LogP contribution in [0.3, 0.4) is 0 Å². The lowest BCUT2D eigenvalue weighted by molar-refractivity contribution is 0.898. The Balaban J connectivity index is 1.70. The molecule has 0 aliphatic rings. The summed E-state index contributed by atoms with van der Waals surface area (Å²) in [5, 5.41) is 1.19. The molecule has 0 radical (unpaired) electrons. The van der Waals surface area contributed by atoms with E-state index in [-0.39, 0.29) is 0 Å². The van der Waals surface area contributed by atoms with Crippen LogP contribution < -0.4 is 0 Å². The number of benzene rings is 3.